The summed E-state index contributed by atoms with van der Waals surface area (Å²) < 4.78 is 7.23. The number of para-hydroxylation sites is 1. The van der Waals surface area contributed by atoms with Crippen LogP contribution in [0.3, 0.4) is 0 Å². The zero-order valence-corrected chi connectivity index (χ0v) is 18.8. The summed E-state index contributed by atoms with van der Waals surface area (Å²) in [5.74, 6) is 1.25. The molecule has 0 unspecified atom stereocenters. The molecule has 172 valence electrons. The van der Waals surface area contributed by atoms with Gasteiger partial charge in [0, 0.05) is 33.3 Å². The highest BCUT2D eigenvalue weighted by Gasteiger charge is 2.27. The molecule has 3 aromatic rings. The summed E-state index contributed by atoms with van der Waals surface area (Å²) in [7, 11) is 4.82. The largest absolute Gasteiger partial charge is 0.494 e. The van der Waals surface area contributed by atoms with Gasteiger partial charge in [-0.1, -0.05) is 13.0 Å². The van der Waals surface area contributed by atoms with Gasteiger partial charge < -0.3 is 20.3 Å². The lowest BCUT2D eigenvalue weighted by Gasteiger charge is -2.36. The van der Waals surface area contributed by atoms with E-state index in [1.54, 1.807) is 35.1 Å². The number of rotatable bonds is 6. The first kappa shape index (κ1) is 22.0. The van der Waals surface area contributed by atoms with Gasteiger partial charge in [-0.05, 0) is 18.1 Å². The summed E-state index contributed by atoms with van der Waals surface area (Å²) in [5.41, 5.74) is 1.65. The zero-order chi connectivity index (χ0) is 23.5. The Bertz CT molecular complexity index is 1190. The molecule has 0 atom stereocenters. The quantitative estimate of drug-likeness (QED) is 0.516. The van der Waals surface area contributed by atoms with Crippen molar-refractivity contribution in [2.75, 3.05) is 37.9 Å². The Morgan fingerprint density at radius 1 is 1.18 bits per heavy atom. The standard InChI is InChI=1S/C21H25N9O3/c1-12-9-30(10-12)21(32)25-16-8-15(17(27-26-16)20(31)22-2)24-14-7-5-6-13(18(14)33-4)19-23-11-29(3)28-19/h5-8,11-12H,9-10H2,1-4H3,(H,22,31)(H2,24,25,26,32). The minimum absolute atomic E-state index is 0.0662. The minimum Gasteiger partial charge on any atom is -0.494 e. The third kappa shape index (κ3) is 4.54. The van der Waals surface area contributed by atoms with Gasteiger partial charge in [-0.2, -0.15) is 5.10 Å². The van der Waals surface area contributed by atoms with E-state index in [4.69, 9.17) is 4.74 Å². The molecule has 1 aliphatic heterocycles. The van der Waals surface area contributed by atoms with Crippen LogP contribution in [0.25, 0.3) is 11.4 Å². The highest BCUT2D eigenvalue weighted by Crippen LogP contribution is 2.37. The summed E-state index contributed by atoms with van der Waals surface area (Å²) in [6.07, 6.45) is 1.60. The number of nitrogens with zero attached hydrogens (tertiary/aromatic N) is 6. The Kier molecular flexibility index (Phi) is 6.07. The summed E-state index contributed by atoms with van der Waals surface area (Å²) in [4.78, 5) is 30.8. The van der Waals surface area contributed by atoms with Gasteiger partial charge in [0.05, 0.1) is 24.0 Å². The molecule has 0 aliphatic carbocycles. The first-order chi connectivity index (χ1) is 15.9. The number of hydrogen-bond acceptors (Lipinski definition) is 8. The van der Waals surface area contributed by atoms with E-state index >= 15 is 0 Å². The highest BCUT2D eigenvalue weighted by atomic mass is 16.5. The van der Waals surface area contributed by atoms with Gasteiger partial charge in [-0.15, -0.1) is 10.2 Å². The van der Waals surface area contributed by atoms with Crippen molar-refractivity contribution in [1.29, 1.82) is 0 Å². The number of nitrogens with one attached hydrogen (secondary N) is 3. The normalized spacial score (nSPS) is 13.3. The summed E-state index contributed by atoms with van der Waals surface area (Å²) >= 11 is 0. The van der Waals surface area contributed by atoms with Crippen LogP contribution in [0.5, 0.6) is 5.75 Å². The van der Waals surface area contributed by atoms with E-state index < -0.39 is 5.91 Å². The number of amides is 3. The van der Waals surface area contributed by atoms with Crippen LogP contribution in [0.1, 0.15) is 17.4 Å². The number of methoxy groups -OCH3 is 1. The van der Waals surface area contributed by atoms with Gasteiger partial charge in [0.15, 0.2) is 23.1 Å². The van der Waals surface area contributed by atoms with Crippen LogP contribution in [-0.2, 0) is 7.05 Å². The van der Waals surface area contributed by atoms with Gasteiger partial charge in [-0.25, -0.2) is 9.78 Å². The van der Waals surface area contributed by atoms with Crippen molar-refractivity contribution in [3.8, 4) is 17.1 Å². The maximum absolute atomic E-state index is 12.4. The molecule has 12 heteroatoms. The van der Waals surface area contributed by atoms with Crippen LogP contribution < -0.4 is 20.7 Å². The molecule has 3 heterocycles. The molecule has 0 saturated carbocycles. The number of aryl methyl sites for hydroxylation is 1. The molecule has 4 rings (SSSR count). The molecule has 1 saturated heterocycles. The monoisotopic (exact) mass is 451 g/mol. The van der Waals surface area contributed by atoms with Crippen molar-refractivity contribution >= 4 is 29.1 Å². The van der Waals surface area contributed by atoms with Gasteiger partial charge in [-0.3, -0.25) is 14.8 Å². The number of carbonyl (C=O) groups excluding carboxylic acids is 2. The maximum Gasteiger partial charge on any atom is 0.323 e. The first-order valence-electron chi connectivity index (χ1n) is 10.3. The second-order valence-electron chi connectivity index (χ2n) is 7.76. The van der Waals surface area contributed by atoms with E-state index in [1.807, 2.05) is 12.1 Å². The fraction of sp³-hybridized carbons (Fsp3) is 0.333. The molecule has 1 aromatic carbocycles. The Hall–Kier alpha value is -4.22. The van der Waals surface area contributed by atoms with Crippen LogP contribution in [-0.4, -0.2) is 69.0 Å². The maximum atomic E-state index is 12.4. The molecule has 0 radical (unpaired) electrons. The van der Waals surface area contributed by atoms with Crippen LogP contribution in [0.4, 0.5) is 22.0 Å². The average Bonchev–Trinajstić information content (AvgIpc) is 3.22. The van der Waals surface area contributed by atoms with E-state index in [2.05, 4.69) is 43.2 Å². The predicted octanol–water partition coefficient (Wildman–Crippen LogP) is 1.87. The van der Waals surface area contributed by atoms with E-state index in [9.17, 15) is 9.59 Å². The van der Waals surface area contributed by atoms with Crippen molar-refractivity contribution in [2.24, 2.45) is 13.0 Å². The number of aromatic nitrogens is 5. The van der Waals surface area contributed by atoms with E-state index in [-0.39, 0.29) is 17.5 Å². The minimum atomic E-state index is -0.430. The Labute approximate surface area is 190 Å². The van der Waals surface area contributed by atoms with E-state index in [0.717, 1.165) is 0 Å². The molecular weight excluding hydrogens is 426 g/mol. The lowest BCUT2D eigenvalue weighted by Crippen LogP contribution is -2.50. The second kappa shape index (κ2) is 9.10. The summed E-state index contributed by atoms with van der Waals surface area (Å²) in [5, 5.41) is 20.8. The Morgan fingerprint density at radius 2 is 1.97 bits per heavy atom. The molecule has 0 spiro atoms. The van der Waals surface area contributed by atoms with Crippen molar-refractivity contribution < 1.29 is 14.3 Å². The van der Waals surface area contributed by atoms with Crippen molar-refractivity contribution in [3.63, 3.8) is 0 Å². The van der Waals surface area contributed by atoms with Crippen LogP contribution in [0.2, 0.25) is 0 Å². The number of benzene rings is 1. The summed E-state index contributed by atoms with van der Waals surface area (Å²) in [6.45, 7) is 3.45. The lowest BCUT2D eigenvalue weighted by molar-refractivity contribution is 0.0958. The topological polar surface area (TPSA) is 139 Å². The van der Waals surface area contributed by atoms with Crippen molar-refractivity contribution in [1.82, 2.24) is 35.2 Å². The van der Waals surface area contributed by atoms with Gasteiger partial charge in [0.2, 0.25) is 0 Å². The van der Waals surface area contributed by atoms with E-state index in [0.29, 0.717) is 47.5 Å². The molecule has 12 nitrogen and oxygen atoms in total. The van der Waals surface area contributed by atoms with Crippen LogP contribution in [0.15, 0.2) is 30.6 Å². The molecule has 0 bridgehead atoms. The third-order valence-electron chi connectivity index (χ3n) is 5.15. The Morgan fingerprint density at radius 3 is 2.61 bits per heavy atom. The molecule has 33 heavy (non-hydrogen) atoms. The Balaban J connectivity index is 1.67. The molecule has 1 aliphatic rings. The SMILES string of the molecule is CNC(=O)c1nnc(NC(=O)N2CC(C)C2)cc1Nc1cccc(-c2ncn(C)n2)c1OC. The van der Waals surface area contributed by atoms with Crippen LogP contribution in [0, 0.1) is 5.92 Å². The average molecular weight is 451 g/mol. The fourth-order valence-corrected chi connectivity index (χ4v) is 3.53. The van der Waals surface area contributed by atoms with Crippen molar-refractivity contribution in [3.05, 3.63) is 36.3 Å². The number of anilines is 3. The zero-order valence-electron chi connectivity index (χ0n) is 18.8. The van der Waals surface area contributed by atoms with Gasteiger partial charge in [0.25, 0.3) is 5.91 Å². The number of urea groups is 1. The first-order valence-corrected chi connectivity index (χ1v) is 10.3. The number of carbonyl (C=O) groups is 2. The third-order valence-corrected chi connectivity index (χ3v) is 5.15. The molecule has 2 aromatic heterocycles. The molecule has 3 N–H and O–H groups in total. The number of likely N-dealkylation sites (tertiary alicyclic amines) is 1. The predicted molar refractivity (Wildman–Crippen MR) is 121 cm³/mol. The lowest BCUT2D eigenvalue weighted by atomic mass is 10.0. The molecule has 1 fully saturated rings. The fourth-order valence-electron chi connectivity index (χ4n) is 3.53. The molecular formula is C21H25N9O3. The van der Waals surface area contributed by atoms with Gasteiger partial charge >= 0.3 is 6.03 Å². The molecule has 3 amide bonds. The van der Waals surface area contributed by atoms with Gasteiger partial charge in [0.1, 0.15) is 6.33 Å². The smallest absolute Gasteiger partial charge is 0.323 e. The second-order valence-corrected chi connectivity index (χ2v) is 7.76. The van der Waals surface area contributed by atoms with Crippen molar-refractivity contribution in [2.45, 2.75) is 6.92 Å². The van der Waals surface area contributed by atoms with Crippen LogP contribution >= 0.6 is 0 Å². The highest BCUT2D eigenvalue weighted by molar-refractivity contribution is 5.99. The number of hydrogen-bond donors (Lipinski definition) is 3. The summed E-state index contributed by atoms with van der Waals surface area (Å²) in [6, 6.07) is 6.74. The van der Waals surface area contributed by atoms with E-state index in [1.165, 1.54) is 14.2 Å². The number of ether oxygens (including phenoxy) is 1.